The first-order chi connectivity index (χ1) is 28.2. The van der Waals surface area contributed by atoms with Crippen molar-refractivity contribution in [3.8, 4) is 11.5 Å². The van der Waals surface area contributed by atoms with Gasteiger partial charge in [0, 0.05) is 18.2 Å². The Morgan fingerprint density at radius 2 is 1.47 bits per heavy atom. The zero-order valence-electron chi connectivity index (χ0n) is 32.4. The standard InChI is InChI=1S/C44H46N3O9PS/c1-51-35-20-16-33(17-21-35)44(32-14-8-4-9-15-32,34-18-22-36(52-2)23-19-34)53-29-38-37(56-57(50)54-30-43(58-57)25-10-5-11-26-43)28-40(55-38)47-27-24-39(46-42(47)49)45-41(48)31-12-6-3-7-13-31/h3-4,6-9,12-24,27,37-38,40H,5,10-11,25-26,28-30H2,1-2H3,(H,45,46,48,49)/t37-,38+,40+,57?/m0/s1. The molecule has 1 saturated carbocycles. The van der Waals surface area contributed by atoms with E-state index < -0.39 is 42.4 Å². The summed E-state index contributed by atoms with van der Waals surface area (Å²) in [5.74, 6) is 1.09. The monoisotopic (exact) mass is 823 g/mol. The summed E-state index contributed by atoms with van der Waals surface area (Å²) in [5.41, 5.74) is 1.14. The second kappa shape index (κ2) is 17.2. The van der Waals surface area contributed by atoms with Crippen molar-refractivity contribution in [2.75, 3.05) is 32.8 Å². The van der Waals surface area contributed by atoms with Crippen LogP contribution in [0.15, 0.2) is 126 Å². The Hall–Kier alpha value is -4.75. The van der Waals surface area contributed by atoms with Gasteiger partial charge in [0.2, 0.25) is 0 Å². The molecule has 8 rings (SSSR count). The smallest absolute Gasteiger partial charge is 0.390 e. The third-order valence-corrected chi connectivity index (χ3v) is 15.6. The molecule has 4 aromatic carbocycles. The second-order valence-electron chi connectivity index (χ2n) is 14.7. The summed E-state index contributed by atoms with van der Waals surface area (Å²) in [7, 11) is 3.24. The summed E-state index contributed by atoms with van der Waals surface area (Å²) in [4.78, 5) is 30.6. The molecule has 3 fully saturated rings. The Bertz CT molecular complexity index is 2240. The van der Waals surface area contributed by atoms with Gasteiger partial charge in [-0.3, -0.25) is 18.4 Å². The summed E-state index contributed by atoms with van der Waals surface area (Å²) in [6.07, 6.45) is 4.34. The molecule has 2 saturated heterocycles. The molecule has 58 heavy (non-hydrogen) atoms. The Labute approximate surface area is 341 Å². The van der Waals surface area contributed by atoms with Crippen molar-refractivity contribution >= 4 is 29.9 Å². The zero-order chi connectivity index (χ0) is 40.2. The van der Waals surface area contributed by atoms with E-state index in [-0.39, 0.29) is 23.6 Å². The van der Waals surface area contributed by atoms with Crippen molar-refractivity contribution < 1.29 is 37.4 Å². The maximum atomic E-state index is 14.4. The minimum Gasteiger partial charge on any atom is -0.497 e. The lowest BCUT2D eigenvalue weighted by atomic mass is 9.80. The molecular formula is C44H46N3O9PS. The molecule has 1 unspecified atom stereocenters. The third-order valence-electron chi connectivity index (χ3n) is 11.1. The molecule has 3 heterocycles. The fourth-order valence-corrected chi connectivity index (χ4v) is 13.2. The first kappa shape index (κ1) is 40.0. The lowest BCUT2D eigenvalue weighted by Gasteiger charge is -2.37. The van der Waals surface area contributed by atoms with Gasteiger partial charge in [-0.05, 0) is 83.4 Å². The molecule has 12 nitrogen and oxygen atoms in total. The molecule has 1 spiro atoms. The Morgan fingerprint density at radius 1 is 0.862 bits per heavy atom. The highest BCUT2D eigenvalue weighted by molar-refractivity contribution is 8.56. The molecule has 14 heteroatoms. The van der Waals surface area contributed by atoms with Crippen LogP contribution in [-0.2, 0) is 28.7 Å². The van der Waals surface area contributed by atoms with E-state index in [0.29, 0.717) is 23.7 Å². The van der Waals surface area contributed by atoms with Crippen LogP contribution in [0.5, 0.6) is 11.5 Å². The van der Waals surface area contributed by atoms with Crippen LogP contribution in [-0.4, -0.2) is 59.8 Å². The molecule has 1 aliphatic carbocycles. The Kier molecular flexibility index (Phi) is 11.9. The van der Waals surface area contributed by atoms with Gasteiger partial charge in [0.1, 0.15) is 41.4 Å². The van der Waals surface area contributed by atoms with Crippen molar-refractivity contribution in [1.82, 2.24) is 9.55 Å². The average molecular weight is 824 g/mol. The van der Waals surface area contributed by atoms with Crippen molar-refractivity contribution in [2.24, 2.45) is 0 Å². The number of benzene rings is 4. The number of nitrogens with one attached hydrogen (secondary N) is 1. The molecule has 302 valence electrons. The van der Waals surface area contributed by atoms with Gasteiger partial charge in [0.25, 0.3) is 5.91 Å². The number of amides is 1. The van der Waals surface area contributed by atoms with E-state index in [0.717, 1.165) is 48.8 Å². The number of carbonyl (C=O) groups is 1. The first-order valence-electron chi connectivity index (χ1n) is 19.4. The van der Waals surface area contributed by atoms with Crippen LogP contribution in [0.3, 0.4) is 0 Å². The van der Waals surface area contributed by atoms with Crippen LogP contribution in [0.1, 0.15) is 71.8 Å². The van der Waals surface area contributed by atoms with E-state index in [4.69, 9.17) is 28.0 Å². The Morgan fingerprint density at radius 3 is 2.07 bits per heavy atom. The molecule has 0 radical (unpaired) electrons. The van der Waals surface area contributed by atoms with Crippen LogP contribution in [0.4, 0.5) is 5.82 Å². The molecule has 5 aromatic rings. The quantitative estimate of drug-likeness (QED) is 0.0902. The number of hydrogen-bond acceptors (Lipinski definition) is 11. The van der Waals surface area contributed by atoms with Crippen molar-refractivity contribution in [3.63, 3.8) is 0 Å². The summed E-state index contributed by atoms with van der Waals surface area (Å²) in [6, 6.07) is 35.5. The van der Waals surface area contributed by atoms with Crippen LogP contribution in [0.25, 0.3) is 0 Å². The largest absolute Gasteiger partial charge is 0.497 e. The zero-order valence-corrected chi connectivity index (χ0v) is 34.1. The fraction of sp³-hybridized carbons (Fsp3) is 0.341. The molecule has 2 aliphatic heterocycles. The van der Waals surface area contributed by atoms with Crippen molar-refractivity contribution in [3.05, 3.63) is 154 Å². The van der Waals surface area contributed by atoms with E-state index in [1.165, 1.54) is 22.1 Å². The lowest BCUT2D eigenvalue weighted by Crippen LogP contribution is -2.38. The summed E-state index contributed by atoms with van der Waals surface area (Å²) in [6.45, 7) is -3.30. The molecule has 1 aromatic heterocycles. The number of ether oxygens (including phenoxy) is 4. The van der Waals surface area contributed by atoms with Gasteiger partial charge in [0.05, 0.1) is 32.2 Å². The van der Waals surface area contributed by atoms with Crippen LogP contribution < -0.4 is 20.5 Å². The average Bonchev–Trinajstić information content (AvgIpc) is 3.80. The van der Waals surface area contributed by atoms with Crippen molar-refractivity contribution in [2.45, 2.75) is 67.3 Å². The predicted octanol–water partition coefficient (Wildman–Crippen LogP) is 8.77. The van der Waals surface area contributed by atoms with Crippen LogP contribution in [0, 0.1) is 0 Å². The summed E-state index contributed by atoms with van der Waals surface area (Å²) in [5, 5.41) is 2.69. The van der Waals surface area contributed by atoms with Gasteiger partial charge in [-0.15, -0.1) is 0 Å². The highest BCUT2D eigenvalue weighted by Gasteiger charge is 2.53. The predicted molar refractivity (Wildman–Crippen MR) is 222 cm³/mol. The van der Waals surface area contributed by atoms with Gasteiger partial charge >= 0.3 is 12.5 Å². The number of hydrogen-bond donors (Lipinski definition) is 1. The minimum atomic E-state index is -3.63. The van der Waals surface area contributed by atoms with Crippen LogP contribution in [0.2, 0.25) is 0 Å². The van der Waals surface area contributed by atoms with Gasteiger partial charge in [-0.1, -0.05) is 92.1 Å². The van der Waals surface area contributed by atoms with E-state index in [1.54, 1.807) is 44.6 Å². The molecule has 4 atom stereocenters. The number of nitrogens with zero attached hydrogens (tertiary/aromatic N) is 2. The maximum absolute atomic E-state index is 14.4. The lowest BCUT2D eigenvalue weighted by molar-refractivity contribution is -0.0921. The van der Waals surface area contributed by atoms with Gasteiger partial charge in [-0.2, -0.15) is 4.98 Å². The second-order valence-corrected chi connectivity index (χ2v) is 19.0. The topological polar surface area (TPSA) is 136 Å². The maximum Gasteiger partial charge on any atom is 0.390 e. The minimum absolute atomic E-state index is 0.0304. The van der Waals surface area contributed by atoms with E-state index in [2.05, 4.69) is 10.3 Å². The third kappa shape index (κ3) is 8.38. The van der Waals surface area contributed by atoms with E-state index >= 15 is 0 Å². The fourth-order valence-electron chi connectivity index (χ4n) is 8.03. The van der Waals surface area contributed by atoms with Crippen molar-refractivity contribution in [1.29, 1.82) is 0 Å². The molecule has 0 bridgehead atoms. The number of anilines is 1. The first-order valence-corrected chi connectivity index (χ1v) is 22.4. The van der Waals surface area contributed by atoms with Gasteiger partial charge in [0.15, 0.2) is 0 Å². The molecule has 3 aliphatic rings. The van der Waals surface area contributed by atoms with Gasteiger partial charge in [-0.25, -0.2) is 9.36 Å². The summed E-state index contributed by atoms with van der Waals surface area (Å²) >= 11 is 1.32. The number of methoxy groups -OCH3 is 2. The summed E-state index contributed by atoms with van der Waals surface area (Å²) < 4.78 is 53.0. The molecule has 1 N–H and O–H groups in total. The molecular weight excluding hydrogens is 778 g/mol. The van der Waals surface area contributed by atoms with Gasteiger partial charge < -0.3 is 24.3 Å². The Balaban J connectivity index is 1.13. The number of rotatable bonds is 13. The van der Waals surface area contributed by atoms with Crippen LogP contribution >= 0.6 is 18.2 Å². The number of carbonyl (C=O) groups excluding carboxylic acids is 1. The SMILES string of the molecule is COc1ccc(C(OC[C@H]2O[C@@H](n3ccc(NC(=O)c4ccccc4)nc3=O)C[C@@H]2OP2(=O)OCC3(CCCCC3)S2)(c2ccccc2)c2ccc(OC)cc2)cc1. The highest BCUT2D eigenvalue weighted by Crippen LogP contribution is 2.74. The number of aromatic nitrogens is 2. The van der Waals surface area contributed by atoms with E-state index in [9.17, 15) is 14.2 Å². The van der Waals surface area contributed by atoms with E-state index in [1.807, 2.05) is 84.9 Å². The highest BCUT2D eigenvalue weighted by atomic mass is 32.7. The molecule has 1 amide bonds. The normalized spacial score (nSPS) is 22.8.